The number of piperidine rings is 1. The zero-order valence-electron chi connectivity index (χ0n) is 15.4. The molecule has 7 heteroatoms. The van der Waals surface area contributed by atoms with E-state index in [1.807, 2.05) is 13.0 Å². The van der Waals surface area contributed by atoms with Gasteiger partial charge in [-0.15, -0.1) is 10.2 Å². The molecular weight excluding hydrogens is 320 g/mol. The molecule has 2 aromatic heterocycles. The van der Waals surface area contributed by atoms with E-state index in [2.05, 4.69) is 33.5 Å². The van der Waals surface area contributed by atoms with E-state index >= 15 is 0 Å². The first-order valence-corrected chi connectivity index (χ1v) is 8.85. The van der Waals surface area contributed by atoms with Crippen molar-refractivity contribution in [3.05, 3.63) is 35.3 Å². The number of hydrogen-bond donors (Lipinski definition) is 0. The SMILES string of the molecule is CCn1cnnc1[C@@H]1CCCN([C@@H](C)c2cc(C)c(C(=O)OC)o2)C1. The van der Waals surface area contributed by atoms with Crippen molar-refractivity contribution < 1.29 is 13.9 Å². The summed E-state index contributed by atoms with van der Waals surface area (Å²) in [5.74, 6) is 2.10. The number of rotatable bonds is 5. The number of aromatic nitrogens is 3. The third kappa shape index (κ3) is 3.46. The fourth-order valence-corrected chi connectivity index (χ4v) is 3.58. The van der Waals surface area contributed by atoms with E-state index < -0.39 is 5.97 Å². The van der Waals surface area contributed by atoms with E-state index in [4.69, 9.17) is 9.15 Å². The summed E-state index contributed by atoms with van der Waals surface area (Å²) < 4.78 is 12.7. The molecule has 25 heavy (non-hydrogen) atoms. The minimum absolute atomic E-state index is 0.0953. The molecule has 3 rings (SSSR count). The van der Waals surface area contributed by atoms with Crippen LogP contribution in [-0.4, -0.2) is 45.8 Å². The molecule has 1 aliphatic heterocycles. The van der Waals surface area contributed by atoms with Gasteiger partial charge in [0.25, 0.3) is 0 Å². The Morgan fingerprint density at radius 3 is 3.04 bits per heavy atom. The number of ether oxygens (including phenoxy) is 1. The number of carbonyl (C=O) groups is 1. The van der Waals surface area contributed by atoms with Gasteiger partial charge < -0.3 is 13.7 Å². The molecule has 0 aliphatic carbocycles. The molecule has 0 unspecified atom stereocenters. The quantitative estimate of drug-likeness (QED) is 0.775. The van der Waals surface area contributed by atoms with Gasteiger partial charge in [-0.05, 0) is 46.2 Å². The van der Waals surface area contributed by atoms with Crippen molar-refractivity contribution in [1.29, 1.82) is 0 Å². The number of furan rings is 1. The van der Waals surface area contributed by atoms with Crippen LogP contribution in [0.4, 0.5) is 0 Å². The third-order valence-electron chi connectivity index (χ3n) is 5.07. The summed E-state index contributed by atoms with van der Waals surface area (Å²) in [7, 11) is 1.37. The largest absolute Gasteiger partial charge is 0.463 e. The Morgan fingerprint density at radius 2 is 2.32 bits per heavy atom. The van der Waals surface area contributed by atoms with Gasteiger partial charge in [-0.2, -0.15) is 0 Å². The molecule has 0 N–H and O–H groups in total. The van der Waals surface area contributed by atoms with Crippen LogP contribution in [0, 0.1) is 6.92 Å². The Morgan fingerprint density at radius 1 is 1.52 bits per heavy atom. The zero-order chi connectivity index (χ0) is 18.0. The predicted molar refractivity (Wildman–Crippen MR) is 92.4 cm³/mol. The lowest BCUT2D eigenvalue weighted by atomic mass is 9.95. The van der Waals surface area contributed by atoms with E-state index in [1.54, 1.807) is 6.33 Å². The van der Waals surface area contributed by atoms with Crippen LogP contribution in [0.2, 0.25) is 0 Å². The van der Waals surface area contributed by atoms with Crippen molar-refractivity contribution in [2.75, 3.05) is 20.2 Å². The van der Waals surface area contributed by atoms with Crippen molar-refractivity contribution in [3.8, 4) is 0 Å². The van der Waals surface area contributed by atoms with Crippen LogP contribution in [0.5, 0.6) is 0 Å². The van der Waals surface area contributed by atoms with Gasteiger partial charge >= 0.3 is 5.97 Å². The summed E-state index contributed by atoms with van der Waals surface area (Å²) in [4.78, 5) is 14.2. The molecule has 1 fully saturated rings. The summed E-state index contributed by atoms with van der Waals surface area (Å²) >= 11 is 0. The van der Waals surface area contributed by atoms with Crippen molar-refractivity contribution in [2.45, 2.75) is 52.1 Å². The normalized spacial score (nSPS) is 19.8. The second kappa shape index (κ2) is 7.39. The Balaban J connectivity index is 1.76. The molecule has 2 atom stereocenters. The molecular formula is C18H26N4O3. The summed E-state index contributed by atoms with van der Waals surface area (Å²) in [5, 5.41) is 8.40. The molecule has 0 spiro atoms. The maximum atomic E-state index is 11.8. The van der Waals surface area contributed by atoms with Gasteiger partial charge in [0.05, 0.1) is 13.2 Å². The minimum atomic E-state index is -0.427. The Hall–Kier alpha value is -2.15. The van der Waals surface area contributed by atoms with Crippen LogP contribution in [0.15, 0.2) is 16.8 Å². The third-order valence-corrected chi connectivity index (χ3v) is 5.07. The van der Waals surface area contributed by atoms with Crippen molar-refractivity contribution in [3.63, 3.8) is 0 Å². The molecule has 1 aliphatic rings. The van der Waals surface area contributed by atoms with E-state index in [-0.39, 0.29) is 6.04 Å². The molecule has 0 bridgehead atoms. The summed E-state index contributed by atoms with van der Waals surface area (Å²) in [6.45, 7) is 8.89. The molecule has 0 amide bonds. The zero-order valence-corrected chi connectivity index (χ0v) is 15.4. The van der Waals surface area contributed by atoms with Gasteiger partial charge in [0.2, 0.25) is 5.76 Å². The maximum Gasteiger partial charge on any atom is 0.374 e. The maximum absolute atomic E-state index is 11.8. The van der Waals surface area contributed by atoms with Crippen LogP contribution < -0.4 is 0 Å². The second-order valence-corrected chi connectivity index (χ2v) is 6.64. The van der Waals surface area contributed by atoms with Gasteiger partial charge in [-0.1, -0.05) is 0 Å². The highest BCUT2D eigenvalue weighted by Gasteiger charge is 2.30. The lowest BCUT2D eigenvalue weighted by Gasteiger charge is -2.35. The fourth-order valence-electron chi connectivity index (χ4n) is 3.58. The van der Waals surface area contributed by atoms with Gasteiger partial charge in [-0.25, -0.2) is 4.79 Å². The predicted octanol–water partition coefficient (Wildman–Crippen LogP) is 2.93. The van der Waals surface area contributed by atoms with Gasteiger partial charge in [0.15, 0.2) is 0 Å². The van der Waals surface area contributed by atoms with Crippen LogP contribution in [0.25, 0.3) is 0 Å². The molecule has 0 saturated carbocycles. The monoisotopic (exact) mass is 346 g/mol. The number of hydrogen-bond acceptors (Lipinski definition) is 6. The molecule has 2 aromatic rings. The average Bonchev–Trinajstić information content (AvgIpc) is 3.27. The number of likely N-dealkylation sites (tertiary alicyclic amines) is 1. The van der Waals surface area contributed by atoms with Crippen molar-refractivity contribution >= 4 is 5.97 Å². The van der Waals surface area contributed by atoms with Gasteiger partial charge in [0.1, 0.15) is 17.9 Å². The Bertz CT molecular complexity index is 737. The molecule has 7 nitrogen and oxygen atoms in total. The summed E-state index contributed by atoms with van der Waals surface area (Å²) in [6, 6.07) is 2.03. The Kier molecular flexibility index (Phi) is 5.22. The van der Waals surface area contributed by atoms with Gasteiger partial charge in [0, 0.05) is 24.6 Å². The number of carbonyl (C=O) groups excluding carboxylic acids is 1. The second-order valence-electron chi connectivity index (χ2n) is 6.64. The molecule has 1 saturated heterocycles. The number of nitrogens with zero attached hydrogens (tertiary/aromatic N) is 4. The fraction of sp³-hybridized carbons (Fsp3) is 0.611. The van der Waals surface area contributed by atoms with Crippen molar-refractivity contribution in [1.82, 2.24) is 19.7 Å². The van der Waals surface area contributed by atoms with Crippen molar-refractivity contribution in [2.24, 2.45) is 0 Å². The molecule has 0 radical (unpaired) electrons. The van der Waals surface area contributed by atoms with E-state index in [0.717, 1.165) is 49.6 Å². The first kappa shape index (κ1) is 17.7. The lowest BCUT2D eigenvalue weighted by molar-refractivity contribution is 0.0555. The standard InChI is InChI=1S/C18H26N4O3/c1-5-21-11-19-20-17(21)14-7-6-8-22(10-14)13(3)15-9-12(2)16(25-15)18(23)24-4/h9,11,13-14H,5-8,10H2,1-4H3/t13-,14+/m0/s1. The summed E-state index contributed by atoms with van der Waals surface area (Å²) in [5.41, 5.74) is 0.813. The lowest BCUT2D eigenvalue weighted by Crippen LogP contribution is -2.37. The molecule has 0 aromatic carbocycles. The first-order valence-electron chi connectivity index (χ1n) is 8.85. The Labute approximate surface area is 148 Å². The average molecular weight is 346 g/mol. The van der Waals surface area contributed by atoms with E-state index in [1.165, 1.54) is 7.11 Å². The smallest absolute Gasteiger partial charge is 0.374 e. The molecule has 136 valence electrons. The number of esters is 1. The van der Waals surface area contributed by atoms with Gasteiger partial charge in [-0.3, -0.25) is 4.90 Å². The highest BCUT2D eigenvalue weighted by Crippen LogP contribution is 2.32. The number of methoxy groups -OCH3 is 1. The molecule has 3 heterocycles. The summed E-state index contributed by atoms with van der Waals surface area (Å²) in [6.07, 6.45) is 4.03. The number of aryl methyl sites for hydroxylation is 2. The highest BCUT2D eigenvalue weighted by atomic mass is 16.5. The van der Waals surface area contributed by atoms with Crippen LogP contribution in [0.1, 0.15) is 66.4 Å². The highest BCUT2D eigenvalue weighted by molar-refractivity contribution is 5.87. The minimum Gasteiger partial charge on any atom is -0.463 e. The van der Waals surface area contributed by atoms with Crippen LogP contribution in [-0.2, 0) is 11.3 Å². The first-order chi connectivity index (χ1) is 12.0. The van der Waals surface area contributed by atoms with Crippen LogP contribution in [0.3, 0.4) is 0 Å². The topological polar surface area (TPSA) is 73.4 Å². The van der Waals surface area contributed by atoms with E-state index in [9.17, 15) is 4.79 Å². The van der Waals surface area contributed by atoms with Crippen LogP contribution >= 0.6 is 0 Å². The van der Waals surface area contributed by atoms with E-state index in [0.29, 0.717) is 11.7 Å².